The zero-order valence-electron chi connectivity index (χ0n) is 16.7. The van der Waals surface area contributed by atoms with Crippen LogP contribution in [0.5, 0.6) is 0 Å². The molecular weight excluding hydrogens is 413 g/mol. The number of nitrogen functional groups attached to an aromatic ring is 1. The average molecular weight is 436 g/mol. The lowest BCUT2D eigenvalue weighted by atomic mass is 10.2. The number of carbonyl (C=O) groups is 1. The molecule has 0 aliphatic rings. The summed E-state index contributed by atoms with van der Waals surface area (Å²) in [5, 5.41) is 2.62. The lowest BCUT2D eigenvalue weighted by molar-refractivity contribution is 0.143. The first-order chi connectivity index (χ1) is 14.3. The molecule has 0 aliphatic carbocycles. The molecule has 0 bridgehead atoms. The highest BCUT2D eigenvalue weighted by atomic mass is 35.5. The minimum Gasteiger partial charge on any atom is -0.450 e. The quantitative estimate of drug-likeness (QED) is 0.523. The van der Waals surface area contributed by atoms with E-state index in [1.165, 1.54) is 12.1 Å². The maximum atomic E-state index is 13.4. The van der Waals surface area contributed by atoms with E-state index in [1.54, 1.807) is 17.3 Å². The van der Waals surface area contributed by atoms with E-state index in [0.29, 0.717) is 41.5 Å². The van der Waals surface area contributed by atoms with Gasteiger partial charge in [-0.2, -0.15) is 9.97 Å². The molecule has 2 heterocycles. The Labute approximate surface area is 178 Å². The normalized spacial score (nSPS) is 10.9. The van der Waals surface area contributed by atoms with E-state index in [9.17, 15) is 9.18 Å². The van der Waals surface area contributed by atoms with Gasteiger partial charge in [-0.15, -0.1) is 0 Å². The zero-order valence-corrected chi connectivity index (χ0v) is 17.5. The maximum Gasteiger partial charge on any atom is 0.407 e. The Morgan fingerprint density at radius 3 is 2.87 bits per heavy atom. The molecule has 3 aromatic rings. The van der Waals surface area contributed by atoms with E-state index in [1.807, 2.05) is 18.7 Å². The number of unbranched alkanes of at least 4 members (excludes halogenated alkanes) is 1. The number of anilines is 2. The second kappa shape index (κ2) is 9.57. The maximum absolute atomic E-state index is 13.4. The van der Waals surface area contributed by atoms with Crippen molar-refractivity contribution in [2.24, 2.45) is 0 Å². The summed E-state index contributed by atoms with van der Waals surface area (Å²) in [6.07, 6.45) is 2.52. The van der Waals surface area contributed by atoms with E-state index in [4.69, 9.17) is 22.1 Å². The van der Waals surface area contributed by atoms with Gasteiger partial charge in [-0.05, 0) is 30.5 Å². The largest absolute Gasteiger partial charge is 0.450 e. The Hall–Kier alpha value is -3.14. The Balaban J connectivity index is 1.43. The van der Waals surface area contributed by atoms with Gasteiger partial charge in [0, 0.05) is 27.2 Å². The van der Waals surface area contributed by atoms with Gasteiger partial charge in [0.25, 0.3) is 0 Å². The predicted molar refractivity (Wildman–Crippen MR) is 113 cm³/mol. The van der Waals surface area contributed by atoms with Crippen LogP contribution in [0.2, 0.25) is 5.02 Å². The lowest BCUT2D eigenvalue weighted by Gasteiger charge is -2.11. The molecule has 160 valence electrons. The van der Waals surface area contributed by atoms with Crippen molar-refractivity contribution in [2.75, 3.05) is 31.3 Å². The molecule has 9 nitrogen and oxygen atoms in total. The summed E-state index contributed by atoms with van der Waals surface area (Å²) >= 11 is 5.63. The molecule has 0 unspecified atom stereocenters. The molecule has 0 aliphatic heterocycles. The van der Waals surface area contributed by atoms with Gasteiger partial charge in [0.15, 0.2) is 11.5 Å². The highest BCUT2D eigenvalue weighted by Gasteiger charge is 2.12. The molecule has 0 saturated heterocycles. The number of rotatable bonds is 8. The third-order valence-electron chi connectivity index (χ3n) is 4.33. The number of carbonyl (C=O) groups excluding carboxylic acids is 1. The summed E-state index contributed by atoms with van der Waals surface area (Å²) in [7, 11) is 3.68. The van der Waals surface area contributed by atoms with Crippen molar-refractivity contribution in [3.63, 3.8) is 0 Å². The SMILES string of the molecule is CN(C)c1nc(N)c2ncn(CCCCOC(=O)NCc3ccc(Cl)c(F)c3)c2n1. The third-order valence-corrected chi connectivity index (χ3v) is 4.63. The monoisotopic (exact) mass is 435 g/mol. The number of benzene rings is 1. The molecule has 0 fully saturated rings. The molecule has 0 atom stereocenters. The minimum atomic E-state index is -0.561. The van der Waals surface area contributed by atoms with Gasteiger partial charge in [0.05, 0.1) is 18.0 Å². The number of hydrogen-bond donors (Lipinski definition) is 2. The summed E-state index contributed by atoms with van der Waals surface area (Å²) in [4.78, 5) is 26.5. The van der Waals surface area contributed by atoms with E-state index >= 15 is 0 Å². The second-order valence-corrected chi connectivity index (χ2v) is 7.27. The number of aromatic nitrogens is 4. The van der Waals surface area contributed by atoms with Crippen LogP contribution in [-0.2, 0) is 17.8 Å². The highest BCUT2D eigenvalue weighted by molar-refractivity contribution is 6.30. The Morgan fingerprint density at radius 1 is 1.33 bits per heavy atom. The second-order valence-electron chi connectivity index (χ2n) is 6.86. The molecule has 2 aromatic heterocycles. The van der Waals surface area contributed by atoms with Gasteiger partial charge in [-0.3, -0.25) is 0 Å². The number of nitrogens with one attached hydrogen (secondary N) is 1. The molecule has 3 rings (SSSR count). The molecule has 1 amide bonds. The topological polar surface area (TPSA) is 111 Å². The molecule has 3 N–H and O–H groups in total. The number of imidazole rings is 1. The van der Waals surface area contributed by atoms with Crippen LogP contribution in [0.4, 0.5) is 21.0 Å². The van der Waals surface area contributed by atoms with Crippen molar-refractivity contribution in [3.8, 4) is 0 Å². The standard InChI is InChI=1S/C19H23ClFN7O2/c1-27(2)18-25-16(22)15-17(26-18)28(11-24-15)7-3-4-8-30-19(29)23-10-12-5-6-13(20)14(21)9-12/h5-6,9,11H,3-4,7-8,10H2,1-2H3,(H,23,29)(H2,22,25,26). The molecule has 11 heteroatoms. The van der Waals surface area contributed by atoms with E-state index in [-0.39, 0.29) is 18.2 Å². The van der Waals surface area contributed by atoms with Crippen LogP contribution in [0.15, 0.2) is 24.5 Å². The third kappa shape index (κ3) is 5.26. The van der Waals surface area contributed by atoms with Gasteiger partial charge in [-0.1, -0.05) is 17.7 Å². The van der Waals surface area contributed by atoms with Gasteiger partial charge in [-0.25, -0.2) is 14.2 Å². The van der Waals surface area contributed by atoms with Crippen molar-refractivity contribution in [1.82, 2.24) is 24.8 Å². The van der Waals surface area contributed by atoms with Crippen molar-refractivity contribution in [3.05, 3.63) is 40.9 Å². The zero-order chi connectivity index (χ0) is 21.7. The average Bonchev–Trinajstić information content (AvgIpc) is 3.12. The van der Waals surface area contributed by atoms with Crippen LogP contribution in [-0.4, -0.2) is 46.3 Å². The van der Waals surface area contributed by atoms with Crippen molar-refractivity contribution >= 4 is 40.6 Å². The number of nitrogens with two attached hydrogens (primary N) is 1. The van der Waals surface area contributed by atoms with Crippen LogP contribution < -0.4 is 16.0 Å². The summed E-state index contributed by atoms with van der Waals surface area (Å²) < 4.78 is 20.4. The number of nitrogens with zero attached hydrogens (tertiary/aromatic N) is 5. The number of hydrogen-bond acceptors (Lipinski definition) is 7. The Bertz CT molecular complexity index is 1040. The summed E-state index contributed by atoms with van der Waals surface area (Å²) in [6.45, 7) is 1.06. The molecular formula is C19H23ClFN7O2. The van der Waals surface area contributed by atoms with Crippen molar-refractivity contribution < 1.29 is 13.9 Å². The minimum absolute atomic E-state index is 0.0408. The molecule has 0 radical (unpaired) electrons. The van der Waals surface area contributed by atoms with Crippen LogP contribution in [0.3, 0.4) is 0 Å². The molecule has 0 saturated carbocycles. The van der Waals surface area contributed by atoms with Gasteiger partial charge < -0.3 is 25.3 Å². The Kier molecular flexibility index (Phi) is 6.88. The first-order valence-electron chi connectivity index (χ1n) is 9.35. The van der Waals surface area contributed by atoms with Crippen LogP contribution >= 0.6 is 11.6 Å². The number of halogens is 2. The van der Waals surface area contributed by atoms with Crippen molar-refractivity contribution in [1.29, 1.82) is 0 Å². The highest BCUT2D eigenvalue weighted by Crippen LogP contribution is 2.19. The number of amides is 1. The number of aryl methyl sites for hydroxylation is 1. The summed E-state index contributed by atoms with van der Waals surface area (Å²) in [5.41, 5.74) is 7.79. The Morgan fingerprint density at radius 2 is 2.13 bits per heavy atom. The van der Waals surface area contributed by atoms with Crippen LogP contribution in [0.1, 0.15) is 18.4 Å². The van der Waals surface area contributed by atoms with E-state index in [0.717, 1.165) is 6.42 Å². The fourth-order valence-electron chi connectivity index (χ4n) is 2.74. The fraction of sp³-hybridized carbons (Fsp3) is 0.368. The van der Waals surface area contributed by atoms with Crippen molar-refractivity contribution in [2.45, 2.75) is 25.9 Å². The molecule has 30 heavy (non-hydrogen) atoms. The fourth-order valence-corrected chi connectivity index (χ4v) is 2.86. The number of ether oxygens (including phenoxy) is 1. The molecule has 1 aromatic carbocycles. The first-order valence-corrected chi connectivity index (χ1v) is 9.73. The lowest BCUT2D eigenvalue weighted by Crippen LogP contribution is -2.24. The van der Waals surface area contributed by atoms with Gasteiger partial charge >= 0.3 is 6.09 Å². The predicted octanol–water partition coefficient (Wildman–Crippen LogP) is 2.97. The smallest absolute Gasteiger partial charge is 0.407 e. The van der Waals surface area contributed by atoms with Crippen LogP contribution in [0.25, 0.3) is 11.2 Å². The van der Waals surface area contributed by atoms with E-state index in [2.05, 4.69) is 20.3 Å². The number of fused-ring (bicyclic) bond motifs is 1. The molecule has 0 spiro atoms. The number of alkyl carbamates (subject to hydrolysis) is 1. The summed E-state index contributed by atoms with van der Waals surface area (Å²) in [5.74, 6) is 0.325. The first kappa shape index (κ1) is 21.6. The van der Waals surface area contributed by atoms with Gasteiger partial charge in [0.1, 0.15) is 11.3 Å². The van der Waals surface area contributed by atoms with Crippen LogP contribution in [0, 0.1) is 5.82 Å². The van der Waals surface area contributed by atoms with Gasteiger partial charge in [0.2, 0.25) is 5.95 Å². The summed E-state index contributed by atoms with van der Waals surface area (Å²) in [6, 6.07) is 4.36. The van der Waals surface area contributed by atoms with E-state index < -0.39 is 11.9 Å².